The van der Waals surface area contributed by atoms with Gasteiger partial charge in [0, 0.05) is 36.6 Å². The molecule has 1 saturated heterocycles. The summed E-state index contributed by atoms with van der Waals surface area (Å²) in [4.78, 5) is 18.2. The van der Waals surface area contributed by atoms with Crippen molar-refractivity contribution in [3.63, 3.8) is 0 Å². The minimum atomic E-state index is -0.0781. The Morgan fingerprint density at radius 1 is 1.67 bits per heavy atom. The van der Waals surface area contributed by atoms with Crippen LogP contribution in [-0.4, -0.2) is 47.6 Å². The number of hydrogen-bond acceptors (Lipinski definition) is 4. The molecule has 1 aliphatic heterocycles. The third kappa shape index (κ3) is 2.86. The second-order valence-corrected chi connectivity index (χ2v) is 4.71. The maximum atomic E-state index is 12.3. The second kappa shape index (κ2) is 5.46. The molecule has 1 amide bonds. The molecule has 2 N–H and O–H groups in total. The zero-order valence-electron chi connectivity index (χ0n) is 10.8. The summed E-state index contributed by atoms with van der Waals surface area (Å²) in [6, 6.07) is 3.48. The van der Waals surface area contributed by atoms with Gasteiger partial charge in [-0.2, -0.15) is 0 Å². The van der Waals surface area contributed by atoms with Gasteiger partial charge in [-0.25, -0.2) is 0 Å². The molecule has 18 heavy (non-hydrogen) atoms. The van der Waals surface area contributed by atoms with E-state index < -0.39 is 0 Å². The van der Waals surface area contributed by atoms with Gasteiger partial charge in [0.05, 0.1) is 12.7 Å². The first-order valence-corrected chi connectivity index (χ1v) is 6.17. The van der Waals surface area contributed by atoms with Crippen molar-refractivity contribution >= 4 is 5.91 Å². The topological polar surface area (TPSA) is 68.5 Å². The molecule has 0 aliphatic carbocycles. The number of aromatic nitrogens is 1. The maximum Gasteiger partial charge on any atom is 0.254 e. The largest absolute Gasteiger partial charge is 0.373 e. The fraction of sp³-hybridized carbons (Fsp3) is 0.538. The number of nitrogens with two attached hydrogens (primary N) is 1. The maximum absolute atomic E-state index is 12.3. The number of nitrogens with zero attached hydrogens (tertiary/aromatic N) is 2. The van der Waals surface area contributed by atoms with E-state index in [1.165, 1.54) is 0 Å². The highest BCUT2D eigenvalue weighted by atomic mass is 16.5. The molecular weight excluding hydrogens is 230 g/mol. The van der Waals surface area contributed by atoms with E-state index >= 15 is 0 Å². The molecular formula is C13H19N3O2. The Morgan fingerprint density at radius 2 is 2.44 bits per heavy atom. The normalized spacial score (nSPS) is 21.7. The highest BCUT2D eigenvalue weighted by molar-refractivity contribution is 5.94. The lowest BCUT2D eigenvalue weighted by Gasteiger charge is -2.34. The van der Waals surface area contributed by atoms with Gasteiger partial charge in [0.25, 0.3) is 5.91 Å². The van der Waals surface area contributed by atoms with E-state index in [2.05, 4.69) is 4.98 Å². The Morgan fingerprint density at radius 3 is 3.11 bits per heavy atom. The number of pyridine rings is 1. The van der Waals surface area contributed by atoms with Gasteiger partial charge in [0.1, 0.15) is 0 Å². The van der Waals surface area contributed by atoms with E-state index in [9.17, 15) is 4.79 Å². The number of aryl methyl sites for hydroxylation is 1. The quantitative estimate of drug-likeness (QED) is 0.832. The summed E-state index contributed by atoms with van der Waals surface area (Å²) in [7, 11) is 0. The van der Waals surface area contributed by atoms with Crippen molar-refractivity contribution in [2.24, 2.45) is 5.73 Å². The van der Waals surface area contributed by atoms with Crippen molar-refractivity contribution in [2.45, 2.75) is 26.0 Å². The van der Waals surface area contributed by atoms with Crippen LogP contribution in [0.5, 0.6) is 0 Å². The summed E-state index contributed by atoms with van der Waals surface area (Å²) in [5, 5.41) is 0. The Kier molecular flexibility index (Phi) is 3.93. The van der Waals surface area contributed by atoms with Crippen molar-refractivity contribution in [1.29, 1.82) is 0 Å². The minimum absolute atomic E-state index is 0.0226. The van der Waals surface area contributed by atoms with E-state index in [1.807, 2.05) is 13.8 Å². The number of ether oxygens (including phenoxy) is 1. The molecule has 0 bridgehead atoms. The van der Waals surface area contributed by atoms with Crippen LogP contribution >= 0.6 is 0 Å². The second-order valence-electron chi connectivity index (χ2n) is 4.71. The molecule has 1 aliphatic rings. The van der Waals surface area contributed by atoms with E-state index in [1.54, 1.807) is 23.2 Å². The summed E-state index contributed by atoms with van der Waals surface area (Å²) >= 11 is 0. The Bertz CT molecular complexity index is 434. The van der Waals surface area contributed by atoms with Crippen molar-refractivity contribution in [3.8, 4) is 0 Å². The van der Waals surface area contributed by atoms with Crippen molar-refractivity contribution < 1.29 is 9.53 Å². The summed E-state index contributed by atoms with van der Waals surface area (Å²) in [6.45, 7) is 5.49. The molecule has 98 valence electrons. The van der Waals surface area contributed by atoms with E-state index in [0.717, 1.165) is 5.69 Å². The Hall–Kier alpha value is -1.46. The molecule has 1 aromatic heterocycles. The van der Waals surface area contributed by atoms with E-state index in [0.29, 0.717) is 25.3 Å². The number of carbonyl (C=O) groups excluding carboxylic acids is 1. The standard InChI is InChI=1S/C13H19N3O2/c1-9-7-11(3-4-15-9)13(17)16-5-6-18-12(8-16)10(2)14/h3-4,7,10,12H,5-6,8,14H2,1-2H3. The molecule has 0 aromatic carbocycles. The molecule has 0 radical (unpaired) electrons. The SMILES string of the molecule is Cc1cc(C(=O)N2CCOC(C(C)N)C2)ccn1. The first-order valence-electron chi connectivity index (χ1n) is 6.17. The van der Waals surface area contributed by atoms with Gasteiger partial charge < -0.3 is 15.4 Å². The van der Waals surface area contributed by atoms with Gasteiger partial charge in [0.2, 0.25) is 0 Å². The van der Waals surface area contributed by atoms with Gasteiger partial charge in [0.15, 0.2) is 0 Å². The van der Waals surface area contributed by atoms with Gasteiger partial charge in [-0.3, -0.25) is 9.78 Å². The molecule has 2 atom stereocenters. The van der Waals surface area contributed by atoms with Crippen LogP contribution in [0.2, 0.25) is 0 Å². The highest BCUT2D eigenvalue weighted by Crippen LogP contribution is 2.12. The summed E-state index contributed by atoms with van der Waals surface area (Å²) < 4.78 is 5.55. The molecule has 2 unspecified atom stereocenters. The average molecular weight is 249 g/mol. The summed E-state index contributed by atoms with van der Waals surface area (Å²) in [5.41, 5.74) is 7.34. The molecule has 0 spiro atoms. The number of hydrogen-bond donors (Lipinski definition) is 1. The van der Waals surface area contributed by atoms with Crippen LogP contribution in [0.4, 0.5) is 0 Å². The van der Waals surface area contributed by atoms with Crippen LogP contribution in [0.1, 0.15) is 23.0 Å². The Labute approximate surface area is 107 Å². The molecule has 1 aromatic rings. The third-order valence-electron chi connectivity index (χ3n) is 3.11. The molecule has 5 heteroatoms. The average Bonchev–Trinajstić information content (AvgIpc) is 2.38. The van der Waals surface area contributed by atoms with Gasteiger partial charge >= 0.3 is 0 Å². The predicted octanol–water partition coefficient (Wildman–Crippen LogP) is 0.578. The summed E-state index contributed by atoms with van der Waals surface area (Å²) in [6.07, 6.45) is 1.58. The lowest BCUT2D eigenvalue weighted by molar-refractivity contribution is -0.0300. The van der Waals surface area contributed by atoms with Crippen LogP contribution in [0.3, 0.4) is 0 Å². The fourth-order valence-electron chi connectivity index (χ4n) is 2.04. The van der Waals surface area contributed by atoms with E-state index in [4.69, 9.17) is 10.5 Å². The zero-order valence-corrected chi connectivity index (χ0v) is 10.8. The molecule has 5 nitrogen and oxygen atoms in total. The van der Waals surface area contributed by atoms with Gasteiger partial charge in [-0.1, -0.05) is 0 Å². The van der Waals surface area contributed by atoms with Crippen LogP contribution in [0.25, 0.3) is 0 Å². The number of rotatable bonds is 2. The van der Waals surface area contributed by atoms with Gasteiger partial charge in [-0.15, -0.1) is 0 Å². The first-order chi connectivity index (χ1) is 8.58. The first kappa shape index (κ1) is 13.0. The number of carbonyl (C=O) groups is 1. The lowest BCUT2D eigenvalue weighted by Crippen LogP contribution is -2.51. The van der Waals surface area contributed by atoms with Crippen LogP contribution in [0, 0.1) is 6.92 Å². The predicted molar refractivity (Wildman–Crippen MR) is 68.3 cm³/mol. The molecule has 2 rings (SSSR count). The monoisotopic (exact) mass is 249 g/mol. The smallest absolute Gasteiger partial charge is 0.254 e. The molecule has 0 saturated carbocycles. The zero-order chi connectivity index (χ0) is 13.1. The minimum Gasteiger partial charge on any atom is -0.373 e. The van der Waals surface area contributed by atoms with Crippen molar-refractivity contribution in [1.82, 2.24) is 9.88 Å². The van der Waals surface area contributed by atoms with Crippen molar-refractivity contribution in [3.05, 3.63) is 29.6 Å². The molecule has 2 heterocycles. The van der Waals surface area contributed by atoms with Crippen LogP contribution < -0.4 is 5.73 Å². The highest BCUT2D eigenvalue weighted by Gasteiger charge is 2.27. The fourth-order valence-corrected chi connectivity index (χ4v) is 2.04. The van der Waals surface area contributed by atoms with Crippen LogP contribution in [-0.2, 0) is 4.74 Å². The lowest BCUT2D eigenvalue weighted by atomic mass is 10.1. The number of morpholine rings is 1. The Balaban J connectivity index is 2.09. The van der Waals surface area contributed by atoms with Gasteiger partial charge in [-0.05, 0) is 26.0 Å². The van der Waals surface area contributed by atoms with Crippen LogP contribution in [0.15, 0.2) is 18.3 Å². The number of amides is 1. The van der Waals surface area contributed by atoms with Crippen molar-refractivity contribution in [2.75, 3.05) is 19.7 Å². The molecule has 1 fully saturated rings. The third-order valence-corrected chi connectivity index (χ3v) is 3.11. The van der Waals surface area contributed by atoms with E-state index in [-0.39, 0.29) is 18.1 Å². The summed E-state index contributed by atoms with van der Waals surface area (Å²) in [5.74, 6) is 0.0226.